The Hall–Kier alpha value is -1.07. The van der Waals surface area contributed by atoms with E-state index in [1.54, 1.807) is 13.3 Å². The van der Waals surface area contributed by atoms with Crippen LogP contribution >= 0.6 is 0 Å². The minimum absolute atomic E-state index is 0.209. The Bertz CT molecular complexity index is 352. The van der Waals surface area contributed by atoms with E-state index in [0.29, 0.717) is 0 Å². The van der Waals surface area contributed by atoms with Crippen molar-refractivity contribution in [3.8, 4) is 5.75 Å². The standard InChI is InChI=1S/C14H27N3O2/c1-5-8-17-14(13(18-4)11-16-17)12(15-3)7-10-19-9-6-2/h11-12,15H,5-10H2,1-4H3. The zero-order valence-electron chi connectivity index (χ0n) is 12.6. The number of aromatic nitrogens is 2. The van der Waals surface area contributed by atoms with Gasteiger partial charge in [-0.2, -0.15) is 5.10 Å². The van der Waals surface area contributed by atoms with E-state index < -0.39 is 0 Å². The first-order valence-electron chi connectivity index (χ1n) is 7.13. The van der Waals surface area contributed by atoms with Crippen LogP contribution in [0.25, 0.3) is 0 Å². The number of rotatable bonds is 10. The van der Waals surface area contributed by atoms with E-state index in [4.69, 9.17) is 9.47 Å². The van der Waals surface area contributed by atoms with Gasteiger partial charge in [0.05, 0.1) is 25.0 Å². The lowest BCUT2D eigenvalue weighted by atomic mass is 10.1. The Balaban J connectivity index is 2.74. The van der Waals surface area contributed by atoms with Crippen molar-refractivity contribution in [1.29, 1.82) is 0 Å². The van der Waals surface area contributed by atoms with Crippen LogP contribution in [0, 0.1) is 0 Å². The Labute approximate surface area is 116 Å². The third kappa shape index (κ3) is 4.51. The van der Waals surface area contributed by atoms with E-state index >= 15 is 0 Å². The highest BCUT2D eigenvalue weighted by Crippen LogP contribution is 2.27. The van der Waals surface area contributed by atoms with Gasteiger partial charge in [0.1, 0.15) is 0 Å². The minimum atomic E-state index is 0.209. The van der Waals surface area contributed by atoms with Crippen molar-refractivity contribution in [2.45, 2.75) is 45.7 Å². The first-order valence-corrected chi connectivity index (χ1v) is 7.13. The van der Waals surface area contributed by atoms with E-state index in [1.165, 1.54) is 0 Å². The Morgan fingerprint density at radius 2 is 2.11 bits per heavy atom. The molecule has 1 unspecified atom stereocenters. The van der Waals surface area contributed by atoms with Gasteiger partial charge >= 0.3 is 0 Å². The van der Waals surface area contributed by atoms with Crippen LogP contribution in [0.1, 0.15) is 44.8 Å². The first-order chi connectivity index (χ1) is 9.28. The molecule has 1 rings (SSSR count). The average Bonchev–Trinajstić information content (AvgIpc) is 2.82. The smallest absolute Gasteiger partial charge is 0.161 e. The largest absolute Gasteiger partial charge is 0.493 e. The molecule has 19 heavy (non-hydrogen) atoms. The van der Waals surface area contributed by atoms with Crippen molar-refractivity contribution < 1.29 is 9.47 Å². The summed E-state index contributed by atoms with van der Waals surface area (Å²) in [4.78, 5) is 0. The van der Waals surface area contributed by atoms with Gasteiger partial charge in [-0.15, -0.1) is 0 Å². The predicted molar refractivity (Wildman–Crippen MR) is 76.6 cm³/mol. The molecule has 0 aliphatic heterocycles. The first kappa shape index (κ1) is 16.0. The van der Waals surface area contributed by atoms with Gasteiger partial charge in [0.15, 0.2) is 5.75 Å². The number of ether oxygens (including phenoxy) is 2. The number of methoxy groups -OCH3 is 1. The zero-order chi connectivity index (χ0) is 14.1. The number of nitrogens with one attached hydrogen (secondary N) is 1. The fraction of sp³-hybridized carbons (Fsp3) is 0.786. The highest BCUT2D eigenvalue weighted by atomic mass is 16.5. The highest BCUT2D eigenvalue weighted by molar-refractivity contribution is 5.28. The number of hydrogen-bond donors (Lipinski definition) is 1. The molecule has 0 fully saturated rings. The maximum Gasteiger partial charge on any atom is 0.161 e. The van der Waals surface area contributed by atoms with Crippen molar-refractivity contribution >= 4 is 0 Å². The molecule has 1 N–H and O–H groups in total. The summed E-state index contributed by atoms with van der Waals surface area (Å²) in [5, 5.41) is 7.73. The van der Waals surface area contributed by atoms with Gasteiger partial charge in [-0.1, -0.05) is 13.8 Å². The molecule has 1 aromatic rings. The summed E-state index contributed by atoms with van der Waals surface area (Å²) in [5.41, 5.74) is 1.12. The highest BCUT2D eigenvalue weighted by Gasteiger charge is 2.20. The maximum atomic E-state index is 5.58. The number of hydrogen-bond acceptors (Lipinski definition) is 4. The lowest BCUT2D eigenvalue weighted by Crippen LogP contribution is -2.22. The molecular weight excluding hydrogens is 242 g/mol. The normalized spacial score (nSPS) is 12.6. The summed E-state index contributed by atoms with van der Waals surface area (Å²) in [7, 11) is 3.66. The van der Waals surface area contributed by atoms with Crippen molar-refractivity contribution in [1.82, 2.24) is 15.1 Å². The van der Waals surface area contributed by atoms with Gasteiger partial charge in [-0.25, -0.2) is 0 Å². The van der Waals surface area contributed by atoms with Crippen molar-refractivity contribution in [3.05, 3.63) is 11.9 Å². The molecule has 5 heteroatoms. The molecule has 0 radical (unpaired) electrons. The fourth-order valence-electron chi connectivity index (χ4n) is 2.14. The third-order valence-electron chi connectivity index (χ3n) is 3.08. The molecular formula is C14H27N3O2. The number of nitrogens with zero attached hydrogens (tertiary/aromatic N) is 2. The van der Waals surface area contributed by atoms with E-state index in [9.17, 15) is 0 Å². The maximum absolute atomic E-state index is 5.58. The van der Waals surface area contributed by atoms with Crippen LogP contribution in [-0.4, -0.2) is 37.2 Å². The Morgan fingerprint density at radius 3 is 2.68 bits per heavy atom. The van der Waals surface area contributed by atoms with Gasteiger partial charge in [-0.3, -0.25) is 4.68 Å². The zero-order valence-corrected chi connectivity index (χ0v) is 12.6. The molecule has 0 spiro atoms. The molecule has 0 bridgehead atoms. The van der Waals surface area contributed by atoms with Crippen LogP contribution in [0.5, 0.6) is 5.75 Å². The van der Waals surface area contributed by atoms with Crippen LogP contribution in [-0.2, 0) is 11.3 Å². The second kappa shape index (κ2) is 8.93. The lowest BCUT2D eigenvalue weighted by Gasteiger charge is -2.19. The topological polar surface area (TPSA) is 48.3 Å². The monoisotopic (exact) mass is 269 g/mol. The summed E-state index contributed by atoms with van der Waals surface area (Å²) >= 11 is 0. The molecule has 0 aliphatic carbocycles. The van der Waals surface area contributed by atoms with Gasteiger partial charge in [0.25, 0.3) is 0 Å². The minimum Gasteiger partial charge on any atom is -0.493 e. The van der Waals surface area contributed by atoms with Gasteiger partial charge < -0.3 is 14.8 Å². The van der Waals surface area contributed by atoms with Gasteiger partial charge in [0, 0.05) is 19.8 Å². The summed E-state index contributed by atoms with van der Waals surface area (Å²) < 4.78 is 13.0. The molecule has 0 saturated carbocycles. The predicted octanol–water partition coefficient (Wildman–Crippen LogP) is 2.38. The second-order valence-corrected chi connectivity index (χ2v) is 4.56. The lowest BCUT2D eigenvalue weighted by molar-refractivity contribution is 0.124. The van der Waals surface area contributed by atoms with E-state index in [1.807, 2.05) is 11.7 Å². The summed E-state index contributed by atoms with van der Waals surface area (Å²) in [6, 6.07) is 0.209. The van der Waals surface area contributed by atoms with Crippen LogP contribution in [0.15, 0.2) is 6.20 Å². The van der Waals surface area contributed by atoms with E-state index in [0.717, 1.165) is 50.5 Å². The second-order valence-electron chi connectivity index (χ2n) is 4.56. The third-order valence-corrected chi connectivity index (χ3v) is 3.08. The van der Waals surface area contributed by atoms with Crippen LogP contribution in [0.2, 0.25) is 0 Å². The van der Waals surface area contributed by atoms with Crippen molar-refractivity contribution in [3.63, 3.8) is 0 Å². The fourth-order valence-corrected chi connectivity index (χ4v) is 2.14. The molecule has 0 aliphatic rings. The van der Waals surface area contributed by atoms with Crippen LogP contribution in [0.3, 0.4) is 0 Å². The molecule has 5 nitrogen and oxygen atoms in total. The van der Waals surface area contributed by atoms with Gasteiger partial charge in [0.2, 0.25) is 0 Å². The van der Waals surface area contributed by atoms with E-state index in [2.05, 4.69) is 24.3 Å². The Morgan fingerprint density at radius 1 is 1.32 bits per heavy atom. The van der Waals surface area contributed by atoms with E-state index in [-0.39, 0.29) is 6.04 Å². The quantitative estimate of drug-likeness (QED) is 0.663. The SMILES string of the molecule is CCCOCCC(NC)c1c(OC)cnn1CCC. The molecule has 0 amide bonds. The number of aryl methyl sites for hydroxylation is 1. The van der Waals surface area contributed by atoms with Crippen molar-refractivity contribution in [2.75, 3.05) is 27.4 Å². The molecule has 1 aromatic heterocycles. The van der Waals surface area contributed by atoms with Gasteiger partial charge in [-0.05, 0) is 26.3 Å². The van der Waals surface area contributed by atoms with Crippen LogP contribution in [0.4, 0.5) is 0 Å². The molecule has 1 atom stereocenters. The molecule has 1 heterocycles. The average molecular weight is 269 g/mol. The summed E-state index contributed by atoms with van der Waals surface area (Å²) in [6.07, 6.45) is 4.83. The summed E-state index contributed by atoms with van der Waals surface area (Å²) in [5.74, 6) is 0.850. The molecule has 0 saturated heterocycles. The van der Waals surface area contributed by atoms with Crippen LogP contribution < -0.4 is 10.1 Å². The molecule has 110 valence electrons. The molecule has 0 aromatic carbocycles. The Kier molecular flexibility index (Phi) is 7.52. The van der Waals surface area contributed by atoms with Crippen molar-refractivity contribution in [2.24, 2.45) is 0 Å². The summed E-state index contributed by atoms with van der Waals surface area (Å²) in [6.45, 7) is 6.75.